The summed E-state index contributed by atoms with van der Waals surface area (Å²) in [5.74, 6) is 0.0761. The molecule has 0 saturated carbocycles. The van der Waals surface area contributed by atoms with Gasteiger partial charge in [0.25, 0.3) is 0 Å². The molecule has 0 unspecified atom stereocenters. The van der Waals surface area contributed by atoms with Gasteiger partial charge in [-0.15, -0.1) is 0 Å². The Morgan fingerprint density at radius 1 is 1.00 bits per heavy atom. The highest BCUT2D eigenvalue weighted by Crippen LogP contribution is 2.18. The summed E-state index contributed by atoms with van der Waals surface area (Å²) in [6.45, 7) is 1.57. The van der Waals surface area contributed by atoms with Crippen molar-refractivity contribution in [2.45, 2.75) is 14.4 Å². The molecule has 0 amide bonds. The summed E-state index contributed by atoms with van der Waals surface area (Å²) in [4.78, 5) is 15.7. The summed E-state index contributed by atoms with van der Waals surface area (Å²) in [7, 11) is 0. The third-order valence-corrected chi connectivity index (χ3v) is 3.22. The second kappa shape index (κ2) is 6.18. The van der Waals surface area contributed by atoms with Crippen LogP contribution in [-0.2, 0) is 0 Å². The van der Waals surface area contributed by atoms with Gasteiger partial charge in [0.2, 0.25) is 0 Å². The number of hydrogen-bond acceptors (Lipinski definition) is 2. The third-order valence-electron chi connectivity index (χ3n) is 3.22. The van der Waals surface area contributed by atoms with Gasteiger partial charge >= 0.3 is 0 Å². The van der Waals surface area contributed by atoms with E-state index in [9.17, 15) is 4.79 Å². The summed E-state index contributed by atoms with van der Waals surface area (Å²) < 4.78 is 1.95. The number of aromatic nitrogens is 2. The second-order valence-electron chi connectivity index (χ2n) is 4.64. The zero-order valence-electron chi connectivity index (χ0n) is 11.2. The Morgan fingerprint density at radius 3 is 2.29 bits per heavy atom. The molecule has 3 heteroatoms. The molecule has 0 atom stereocenters. The highest BCUT2D eigenvalue weighted by atomic mass is 16.1. The highest BCUT2D eigenvalue weighted by molar-refractivity contribution is 5.94. The van der Waals surface area contributed by atoms with Crippen molar-refractivity contribution in [3.8, 4) is 16.9 Å². The Labute approximate surface area is 124 Å². The standard InChI is InChI=1S/C17H14N2O.CH4/c1-13(20)14-7-9-16(10-8-14)19-11-17(18-12-19)15-5-3-2-4-6-15;/h2-12H,1H3;1H4. The van der Waals surface area contributed by atoms with E-state index in [0.717, 1.165) is 22.5 Å². The number of carbonyl (C=O) groups is 1. The van der Waals surface area contributed by atoms with E-state index >= 15 is 0 Å². The molecule has 21 heavy (non-hydrogen) atoms. The Bertz CT molecular complexity index is 727. The minimum Gasteiger partial charge on any atom is -0.306 e. The summed E-state index contributed by atoms with van der Waals surface area (Å²) >= 11 is 0. The van der Waals surface area contributed by atoms with E-state index < -0.39 is 0 Å². The average Bonchev–Trinajstić information content (AvgIpc) is 2.98. The van der Waals surface area contributed by atoms with Gasteiger partial charge < -0.3 is 4.57 Å². The summed E-state index contributed by atoms with van der Waals surface area (Å²) in [5.41, 5.74) is 3.73. The average molecular weight is 278 g/mol. The van der Waals surface area contributed by atoms with Crippen LogP contribution in [0.4, 0.5) is 0 Å². The molecule has 1 aromatic heterocycles. The predicted molar refractivity (Wildman–Crippen MR) is 85.7 cm³/mol. The molecule has 0 fully saturated rings. The van der Waals surface area contributed by atoms with E-state index in [1.807, 2.05) is 65.4 Å². The molecule has 0 radical (unpaired) electrons. The lowest BCUT2D eigenvalue weighted by atomic mass is 10.1. The first-order valence-electron chi connectivity index (χ1n) is 6.45. The normalized spacial score (nSPS) is 9.95. The van der Waals surface area contributed by atoms with Gasteiger partial charge in [-0.1, -0.05) is 37.8 Å². The quantitative estimate of drug-likeness (QED) is 0.666. The maximum absolute atomic E-state index is 11.3. The molecule has 0 spiro atoms. The zero-order valence-corrected chi connectivity index (χ0v) is 11.2. The van der Waals surface area contributed by atoms with Gasteiger partial charge in [0, 0.05) is 23.0 Å². The van der Waals surface area contributed by atoms with Crippen LogP contribution in [0.15, 0.2) is 67.1 Å². The van der Waals surface area contributed by atoms with Gasteiger partial charge in [-0.2, -0.15) is 0 Å². The fraction of sp³-hybridized carbons (Fsp3) is 0.111. The Balaban J connectivity index is 0.00000161. The zero-order chi connectivity index (χ0) is 13.9. The van der Waals surface area contributed by atoms with Gasteiger partial charge in [-0.05, 0) is 31.2 Å². The number of carbonyl (C=O) groups excluding carboxylic acids is 1. The predicted octanol–water partition coefficient (Wildman–Crippen LogP) is 4.38. The molecular formula is C18H18N2O. The SMILES string of the molecule is C.CC(=O)c1ccc(-n2cnc(-c3ccccc3)c2)cc1. The van der Waals surface area contributed by atoms with Crippen LogP contribution in [0.3, 0.4) is 0 Å². The Morgan fingerprint density at radius 2 is 1.67 bits per heavy atom. The lowest BCUT2D eigenvalue weighted by Gasteiger charge is -2.02. The first-order chi connectivity index (χ1) is 9.74. The van der Waals surface area contributed by atoms with E-state index in [1.165, 1.54) is 0 Å². The number of Topliss-reactive ketones (excluding diaryl/α,β-unsaturated/α-hetero) is 1. The molecule has 3 rings (SSSR count). The van der Waals surface area contributed by atoms with Crippen LogP contribution in [0.25, 0.3) is 16.9 Å². The van der Waals surface area contributed by atoms with E-state index in [2.05, 4.69) is 4.98 Å². The molecule has 0 N–H and O–H groups in total. The lowest BCUT2D eigenvalue weighted by molar-refractivity contribution is 0.101. The molecule has 106 valence electrons. The largest absolute Gasteiger partial charge is 0.306 e. The van der Waals surface area contributed by atoms with Crippen molar-refractivity contribution in [3.63, 3.8) is 0 Å². The smallest absolute Gasteiger partial charge is 0.159 e. The van der Waals surface area contributed by atoms with Crippen molar-refractivity contribution < 1.29 is 4.79 Å². The lowest BCUT2D eigenvalue weighted by Crippen LogP contribution is -1.94. The van der Waals surface area contributed by atoms with Crippen LogP contribution in [-0.4, -0.2) is 15.3 Å². The second-order valence-corrected chi connectivity index (χ2v) is 4.64. The number of imidazole rings is 1. The first kappa shape index (κ1) is 14.7. The molecule has 1 heterocycles. The van der Waals surface area contributed by atoms with E-state index in [1.54, 1.807) is 13.3 Å². The minimum atomic E-state index is 0. The number of nitrogens with zero attached hydrogens (tertiary/aromatic N) is 2. The third kappa shape index (κ3) is 3.08. The molecule has 0 saturated heterocycles. The van der Waals surface area contributed by atoms with Crippen molar-refractivity contribution >= 4 is 5.78 Å². The van der Waals surface area contributed by atoms with Crippen LogP contribution in [0.1, 0.15) is 24.7 Å². The van der Waals surface area contributed by atoms with Crippen LogP contribution >= 0.6 is 0 Å². The van der Waals surface area contributed by atoms with Crippen molar-refractivity contribution in [1.29, 1.82) is 0 Å². The number of benzene rings is 2. The van der Waals surface area contributed by atoms with Gasteiger partial charge in [0.05, 0.1) is 12.0 Å². The van der Waals surface area contributed by atoms with Crippen LogP contribution in [0.5, 0.6) is 0 Å². The fourth-order valence-electron chi connectivity index (χ4n) is 2.09. The molecule has 3 nitrogen and oxygen atoms in total. The highest BCUT2D eigenvalue weighted by Gasteiger charge is 2.04. The van der Waals surface area contributed by atoms with Gasteiger partial charge in [-0.25, -0.2) is 4.98 Å². The number of ketones is 1. The Hall–Kier alpha value is -2.68. The number of rotatable bonds is 3. The van der Waals surface area contributed by atoms with Gasteiger partial charge in [0.15, 0.2) is 5.78 Å². The molecule has 0 aliphatic rings. The molecule has 3 aromatic rings. The number of hydrogen-bond donors (Lipinski definition) is 0. The monoisotopic (exact) mass is 278 g/mol. The maximum Gasteiger partial charge on any atom is 0.159 e. The van der Waals surface area contributed by atoms with Gasteiger partial charge in [0.1, 0.15) is 0 Å². The van der Waals surface area contributed by atoms with E-state index in [0.29, 0.717) is 0 Å². The van der Waals surface area contributed by atoms with Crippen LogP contribution in [0.2, 0.25) is 0 Å². The maximum atomic E-state index is 11.3. The van der Waals surface area contributed by atoms with Gasteiger partial charge in [-0.3, -0.25) is 4.79 Å². The molecule has 0 aliphatic heterocycles. The first-order valence-corrected chi connectivity index (χ1v) is 6.45. The minimum absolute atomic E-state index is 0. The molecule has 0 bridgehead atoms. The topological polar surface area (TPSA) is 34.9 Å². The van der Waals surface area contributed by atoms with E-state index in [-0.39, 0.29) is 13.2 Å². The van der Waals surface area contributed by atoms with Crippen LogP contribution < -0.4 is 0 Å². The van der Waals surface area contributed by atoms with E-state index in [4.69, 9.17) is 0 Å². The molecular weight excluding hydrogens is 260 g/mol. The Kier molecular flexibility index (Phi) is 4.33. The summed E-state index contributed by atoms with van der Waals surface area (Å²) in [6, 6.07) is 17.6. The summed E-state index contributed by atoms with van der Waals surface area (Å²) in [6.07, 6.45) is 3.77. The van der Waals surface area contributed by atoms with Crippen molar-refractivity contribution in [1.82, 2.24) is 9.55 Å². The van der Waals surface area contributed by atoms with Crippen molar-refractivity contribution in [2.75, 3.05) is 0 Å². The summed E-state index contributed by atoms with van der Waals surface area (Å²) in [5, 5.41) is 0. The molecule has 2 aromatic carbocycles. The fourth-order valence-corrected chi connectivity index (χ4v) is 2.09. The van der Waals surface area contributed by atoms with Crippen molar-refractivity contribution in [2.24, 2.45) is 0 Å². The van der Waals surface area contributed by atoms with Crippen LogP contribution in [0, 0.1) is 0 Å². The van der Waals surface area contributed by atoms with Crippen molar-refractivity contribution in [3.05, 3.63) is 72.7 Å². The molecule has 0 aliphatic carbocycles.